The van der Waals surface area contributed by atoms with Crippen molar-refractivity contribution in [1.29, 1.82) is 0 Å². The first-order chi connectivity index (χ1) is 6.33. The van der Waals surface area contributed by atoms with E-state index in [-0.39, 0.29) is 12.1 Å². The molecule has 1 fully saturated rings. The standard InChI is InChI=1S/C9H17N2O2/c1-2-7-13-9(12)11-8-3-5-10-6-4-8/h8H,2-7H2,1H3,(H,11,12). The molecule has 1 heterocycles. The third-order valence-corrected chi connectivity index (χ3v) is 2.03. The number of amides is 1. The van der Waals surface area contributed by atoms with Crippen LogP contribution < -0.4 is 10.6 Å². The zero-order chi connectivity index (χ0) is 9.52. The number of nitrogens with one attached hydrogen (secondary N) is 1. The molecular weight excluding hydrogens is 168 g/mol. The molecule has 0 atom stereocenters. The van der Waals surface area contributed by atoms with Crippen LogP contribution in [0.25, 0.3) is 0 Å². The molecule has 0 aromatic heterocycles. The fourth-order valence-electron chi connectivity index (χ4n) is 1.30. The summed E-state index contributed by atoms with van der Waals surface area (Å²) >= 11 is 0. The molecule has 1 aliphatic heterocycles. The number of piperidine rings is 1. The topological polar surface area (TPSA) is 52.4 Å². The maximum atomic E-state index is 11.1. The second-order valence-electron chi connectivity index (χ2n) is 3.23. The highest BCUT2D eigenvalue weighted by Crippen LogP contribution is 2.03. The highest BCUT2D eigenvalue weighted by Gasteiger charge is 2.15. The number of ether oxygens (including phenoxy) is 1. The maximum Gasteiger partial charge on any atom is 0.407 e. The molecule has 75 valence electrons. The summed E-state index contributed by atoms with van der Waals surface area (Å²) in [6.45, 7) is 4.20. The number of carbonyl (C=O) groups is 1. The van der Waals surface area contributed by atoms with Gasteiger partial charge in [-0.05, 0) is 19.3 Å². The van der Waals surface area contributed by atoms with E-state index < -0.39 is 0 Å². The average Bonchev–Trinajstić information content (AvgIpc) is 2.16. The lowest BCUT2D eigenvalue weighted by Crippen LogP contribution is -2.41. The molecule has 1 radical (unpaired) electrons. The van der Waals surface area contributed by atoms with E-state index in [4.69, 9.17) is 4.74 Å². The van der Waals surface area contributed by atoms with Crippen LogP contribution in [0.5, 0.6) is 0 Å². The van der Waals surface area contributed by atoms with Gasteiger partial charge in [0.2, 0.25) is 0 Å². The lowest BCUT2D eigenvalue weighted by atomic mass is 10.1. The molecule has 1 amide bonds. The Morgan fingerprint density at radius 2 is 2.23 bits per heavy atom. The summed E-state index contributed by atoms with van der Waals surface area (Å²) in [4.78, 5) is 11.1. The SMILES string of the molecule is CCCOC(=O)NC1CC[N]CC1. The van der Waals surface area contributed by atoms with Crippen LogP contribution in [0.1, 0.15) is 26.2 Å². The van der Waals surface area contributed by atoms with E-state index in [0.717, 1.165) is 32.4 Å². The average molecular weight is 185 g/mol. The van der Waals surface area contributed by atoms with Crippen molar-refractivity contribution < 1.29 is 9.53 Å². The van der Waals surface area contributed by atoms with Crippen LogP contribution in [0.15, 0.2) is 0 Å². The Hall–Kier alpha value is -0.770. The first-order valence-corrected chi connectivity index (χ1v) is 4.89. The highest BCUT2D eigenvalue weighted by atomic mass is 16.5. The van der Waals surface area contributed by atoms with Crippen molar-refractivity contribution in [2.75, 3.05) is 19.7 Å². The number of alkyl carbamates (subject to hydrolysis) is 1. The van der Waals surface area contributed by atoms with Crippen molar-refractivity contribution >= 4 is 6.09 Å². The van der Waals surface area contributed by atoms with Crippen LogP contribution in [0, 0.1) is 0 Å². The fourth-order valence-corrected chi connectivity index (χ4v) is 1.30. The predicted molar refractivity (Wildman–Crippen MR) is 49.7 cm³/mol. The molecule has 0 aromatic carbocycles. The van der Waals surface area contributed by atoms with Gasteiger partial charge in [-0.15, -0.1) is 0 Å². The summed E-state index contributed by atoms with van der Waals surface area (Å²) < 4.78 is 4.91. The highest BCUT2D eigenvalue weighted by molar-refractivity contribution is 5.67. The predicted octanol–water partition coefficient (Wildman–Crippen LogP) is 0.889. The lowest BCUT2D eigenvalue weighted by molar-refractivity contribution is 0.140. The molecule has 0 unspecified atom stereocenters. The molecule has 1 aliphatic rings. The quantitative estimate of drug-likeness (QED) is 0.710. The molecule has 1 N–H and O–H groups in total. The number of carbonyl (C=O) groups excluding carboxylic acids is 1. The fraction of sp³-hybridized carbons (Fsp3) is 0.889. The van der Waals surface area contributed by atoms with Crippen molar-refractivity contribution in [3.8, 4) is 0 Å². The monoisotopic (exact) mass is 185 g/mol. The molecule has 1 rings (SSSR count). The van der Waals surface area contributed by atoms with Gasteiger partial charge in [-0.3, -0.25) is 0 Å². The van der Waals surface area contributed by atoms with Gasteiger partial charge in [0, 0.05) is 19.1 Å². The third-order valence-electron chi connectivity index (χ3n) is 2.03. The Morgan fingerprint density at radius 3 is 2.85 bits per heavy atom. The van der Waals surface area contributed by atoms with E-state index in [1.54, 1.807) is 0 Å². The van der Waals surface area contributed by atoms with Crippen molar-refractivity contribution in [3.05, 3.63) is 0 Å². The van der Waals surface area contributed by atoms with Gasteiger partial charge in [0.05, 0.1) is 6.61 Å². The van der Waals surface area contributed by atoms with Gasteiger partial charge in [-0.25, -0.2) is 10.1 Å². The smallest absolute Gasteiger partial charge is 0.407 e. The van der Waals surface area contributed by atoms with E-state index in [1.807, 2.05) is 6.92 Å². The van der Waals surface area contributed by atoms with Crippen molar-refractivity contribution in [1.82, 2.24) is 10.6 Å². The maximum absolute atomic E-state index is 11.1. The van der Waals surface area contributed by atoms with Gasteiger partial charge < -0.3 is 10.1 Å². The molecule has 0 aliphatic carbocycles. The molecule has 0 aromatic rings. The number of rotatable bonds is 3. The molecule has 4 nitrogen and oxygen atoms in total. The van der Waals surface area contributed by atoms with Gasteiger partial charge in [0.25, 0.3) is 0 Å². The summed E-state index contributed by atoms with van der Waals surface area (Å²) in [7, 11) is 0. The minimum absolute atomic E-state index is 0.266. The largest absolute Gasteiger partial charge is 0.450 e. The molecule has 1 saturated heterocycles. The summed E-state index contributed by atoms with van der Waals surface area (Å²) in [5.41, 5.74) is 0. The van der Waals surface area contributed by atoms with E-state index in [0.29, 0.717) is 6.61 Å². The minimum atomic E-state index is -0.284. The lowest BCUT2D eigenvalue weighted by Gasteiger charge is -2.22. The van der Waals surface area contributed by atoms with Gasteiger partial charge in [-0.1, -0.05) is 6.92 Å². The Morgan fingerprint density at radius 1 is 1.54 bits per heavy atom. The zero-order valence-electron chi connectivity index (χ0n) is 8.08. The third kappa shape index (κ3) is 4.12. The Balaban J connectivity index is 2.11. The number of hydrogen-bond acceptors (Lipinski definition) is 2. The first-order valence-electron chi connectivity index (χ1n) is 4.89. The molecule has 0 saturated carbocycles. The molecule has 13 heavy (non-hydrogen) atoms. The summed E-state index contributed by atoms with van der Waals surface area (Å²) in [6, 6.07) is 0.266. The van der Waals surface area contributed by atoms with Crippen molar-refractivity contribution in [2.24, 2.45) is 0 Å². The summed E-state index contributed by atoms with van der Waals surface area (Å²) in [5.74, 6) is 0. The Labute approximate surface area is 79.0 Å². The summed E-state index contributed by atoms with van der Waals surface area (Å²) in [6.07, 6.45) is 2.48. The second-order valence-corrected chi connectivity index (χ2v) is 3.23. The Bertz CT molecular complexity index is 156. The normalized spacial score (nSPS) is 18.2. The summed E-state index contributed by atoms with van der Waals surface area (Å²) in [5, 5.41) is 7.04. The zero-order valence-corrected chi connectivity index (χ0v) is 8.08. The number of nitrogens with zero attached hydrogens (tertiary/aromatic N) is 1. The van der Waals surface area contributed by atoms with E-state index in [2.05, 4.69) is 10.6 Å². The Kier molecular flexibility index (Phi) is 4.60. The molecule has 0 spiro atoms. The van der Waals surface area contributed by atoms with Crippen LogP contribution in [0.2, 0.25) is 0 Å². The van der Waals surface area contributed by atoms with Crippen LogP contribution >= 0.6 is 0 Å². The van der Waals surface area contributed by atoms with E-state index >= 15 is 0 Å². The molecular formula is C9H17N2O2. The van der Waals surface area contributed by atoms with E-state index in [9.17, 15) is 4.79 Å². The van der Waals surface area contributed by atoms with E-state index in [1.165, 1.54) is 0 Å². The molecule has 4 heteroatoms. The van der Waals surface area contributed by atoms with Gasteiger partial charge >= 0.3 is 6.09 Å². The van der Waals surface area contributed by atoms with Gasteiger partial charge in [-0.2, -0.15) is 0 Å². The van der Waals surface area contributed by atoms with Crippen LogP contribution in [-0.2, 0) is 4.74 Å². The second kappa shape index (κ2) is 5.80. The van der Waals surface area contributed by atoms with Gasteiger partial charge in [0.1, 0.15) is 0 Å². The first kappa shape index (κ1) is 10.3. The van der Waals surface area contributed by atoms with Crippen LogP contribution in [0.3, 0.4) is 0 Å². The van der Waals surface area contributed by atoms with Crippen LogP contribution in [0.4, 0.5) is 4.79 Å². The minimum Gasteiger partial charge on any atom is -0.450 e. The number of hydrogen-bond donors (Lipinski definition) is 1. The molecule has 0 bridgehead atoms. The van der Waals surface area contributed by atoms with Gasteiger partial charge in [0.15, 0.2) is 0 Å². The van der Waals surface area contributed by atoms with Crippen molar-refractivity contribution in [2.45, 2.75) is 32.2 Å². The van der Waals surface area contributed by atoms with Crippen LogP contribution in [-0.4, -0.2) is 31.8 Å². The van der Waals surface area contributed by atoms with Crippen molar-refractivity contribution in [3.63, 3.8) is 0 Å².